The number of hydrogen-bond donors (Lipinski definition) is 3. The van der Waals surface area contributed by atoms with E-state index in [0.29, 0.717) is 11.0 Å². The molecule has 3 N–H and O–H groups in total. The number of benzene rings is 3. The maximum absolute atomic E-state index is 14.0. The van der Waals surface area contributed by atoms with Gasteiger partial charge in [0.1, 0.15) is 5.82 Å². The number of ketones is 1. The SMILES string of the molecule is COC(=O)Nc1nc2ccc(C(=O)c3ccccc3C(=O)Nc3cc(Cl)ccc3F)cc2[nH]1. The van der Waals surface area contributed by atoms with Gasteiger partial charge in [-0.1, -0.05) is 29.8 Å². The van der Waals surface area contributed by atoms with Crippen LogP contribution in [-0.2, 0) is 4.74 Å². The summed E-state index contributed by atoms with van der Waals surface area (Å²) >= 11 is 5.88. The quantitative estimate of drug-likeness (QED) is 0.357. The Morgan fingerprint density at radius 1 is 1.00 bits per heavy atom. The fourth-order valence-corrected chi connectivity index (χ4v) is 3.35. The van der Waals surface area contributed by atoms with Crippen molar-refractivity contribution >= 4 is 52.1 Å². The number of carbonyl (C=O) groups is 3. The number of nitrogens with zero attached hydrogens (tertiary/aromatic N) is 1. The van der Waals surface area contributed by atoms with Gasteiger partial charge in [0.15, 0.2) is 5.78 Å². The lowest BCUT2D eigenvalue weighted by molar-refractivity contribution is 0.0996. The number of fused-ring (bicyclic) bond motifs is 1. The summed E-state index contributed by atoms with van der Waals surface area (Å²) in [7, 11) is 1.23. The molecule has 0 unspecified atom stereocenters. The standard InChI is InChI=1S/C23H16ClFN4O4/c1-33-23(32)29-22-27-17-9-6-12(10-19(17)28-22)20(30)14-4-2-3-5-15(14)21(31)26-18-11-13(24)7-8-16(18)25/h2-11H,1H3,(H,26,31)(H2,27,28,29,32). The van der Waals surface area contributed by atoms with Crippen molar-refractivity contribution in [1.29, 1.82) is 0 Å². The molecule has 0 saturated heterocycles. The first-order valence-electron chi connectivity index (χ1n) is 9.60. The van der Waals surface area contributed by atoms with Crippen molar-refractivity contribution in [3.8, 4) is 0 Å². The number of ether oxygens (including phenoxy) is 1. The highest BCUT2D eigenvalue weighted by atomic mass is 35.5. The van der Waals surface area contributed by atoms with E-state index in [9.17, 15) is 18.8 Å². The van der Waals surface area contributed by atoms with E-state index in [1.165, 1.54) is 31.4 Å². The van der Waals surface area contributed by atoms with E-state index in [1.54, 1.807) is 30.3 Å². The Hall–Kier alpha value is -4.24. The molecule has 0 atom stereocenters. The predicted octanol–water partition coefficient (Wildman–Crippen LogP) is 5.02. The molecule has 3 aromatic carbocycles. The lowest BCUT2D eigenvalue weighted by atomic mass is 9.97. The molecule has 0 fully saturated rings. The smallest absolute Gasteiger partial charge is 0.413 e. The number of hydrogen-bond acceptors (Lipinski definition) is 5. The van der Waals surface area contributed by atoms with Gasteiger partial charge >= 0.3 is 6.09 Å². The number of methoxy groups -OCH3 is 1. The van der Waals surface area contributed by atoms with Gasteiger partial charge in [0.25, 0.3) is 5.91 Å². The van der Waals surface area contributed by atoms with Crippen molar-refractivity contribution in [2.75, 3.05) is 17.7 Å². The molecule has 0 aliphatic heterocycles. The maximum Gasteiger partial charge on any atom is 0.413 e. The number of amides is 2. The second-order valence-electron chi connectivity index (χ2n) is 6.89. The lowest BCUT2D eigenvalue weighted by Gasteiger charge is -2.11. The van der Waals surface area contributed by atoms with E-state index in [2.05, 4.69) is 25.3 Å². The normalized spacial score (nSPS) is 10.6. The first-order chi connectivity index (χ1) is 15.9. The molecule has 0 bridgehead atoms. The van der Waals surface area contributed by atoms with E-state index in [-0.39, 0.29) is 33.3 Å². The Kier molecular flexibility index (Phi) is 6.05. The van der Waals surface area contributed by atoms with E-state index in [1.807, 2.05) is 0 Å². The third-order valence-electron chi connectivity index (χ3n) is 4.74. The Labute approximate surface area is 191 Å². The number of rotatable bonds is 5. The maximum atomic E-state index is 14.0. The molecule has 33 heavy (non-hydrogen) atoms. The summed E-state index contributed by atoms with van der Waals surface area (Å²) in [6, 6.07) is 14.7. The van der Waals surface area contributed by atoms with Crippen LogP contribution in [0.4, 0.5) is 20.8 Å². The van der Waals surface area contributed by atoms with Crippen LogP contribution in [-0.4, -0.2) is 34.9 Å². The van der Waals surface area contributed by atoms with E-state index >= 15 is 0 Å². The van der Waals surface area contributed by atoms with Gasteiger partial charge in [-0.3, -0.25) is 14.9 Å². The minimum Gasteiger partial charge on any atom is -0.453 e. The highest BCUT2D eigenvalue weighted by Crippen LogP contribution is 2.23. The number of halogens is 2. The van der Waals surface area contributed by atoms with Gasteiger partial charge in [-0.05, 0) is 42.5 Å². The summed E-state index contributed by atoms with van der Waals surface area (Å²) < 4.78 is 18.6. The third kappa shape index (κ3) is 4.68. The van der Waals surface area contributed by atoms with Crippen molar-refractivity contribution in [2.45, 2.75) is 0 Å². The average molecular weight is 467 g/mol. The van der Waals surface area contributed by atoms with Crippen LogP contribution in [0.25, 0.3) is 11.0 Å². The van der Waals surface area contributed by atoms with Crippen molar-refractivity contribution in [3.05, 3.63) is 88.2 Å². The Balaban J connectivity index is 1.64. The molecule has 10 heteroatoms. The van der Waals surface area contributed by atoms with Crippen molar-refractivity contribution in [1.82, 2.24) is 9.97 Å². The zero-order valence-electron chi connectivity index (χ0n) is 17.1. The van der Waals surface area contributed by atoms with Gasteiger partial charge in [0.2, 0.25) is 5.95 Å². The topological polar surface area (TPSA) is 113 Å². The first kappa shape index (κ1) is 22.0. The van der Waals surface area contributed by atoms with Crippen LogP contribution in [0.2, 0.25) is 5.02 Å². The monoisotopic (exact) mass is 466 g/mol. The van der Waals surface area contributed by atoms with Gasteiger partial charge in [-0.2, -0.15) is 0 Å². The Morgan fingerprint density at radius 3 is 2.52 bits per heavy atom. The minimum atomic E-state index is -0.693. The van der Waals surface area contributed by atoms with Crippen molar-refractivity contribution < 1.29 is 23.5 Å². The van der Waals surface area contributed by atoms with Crippen molar-refractivity contribution in [2.24, 2.45) is 0 Å². The molecule has 0 aliphatic rings. The molecule has 0 aliphatic carbocycles. The zero-order valence-corrected chi connectivity index (χ0v) is 17.9. The second kappa shape index (κ2) is 9.09. The fraction of sp³-hybridized carbons (Fsp3) is 0.0435. The number of aromatic nitrogens is 2. The Bertz CT molecular complexity index is 1400. The average Bonchev–Trinajstić information content (AvgIpc) is 3.22. The highest BCUT2D eigenvalue weighted by Gasteiger charge is 2.20. The molecule has 8 nitrogen and oxygen atoms in total. The minimum absolute atomic E-state index is 0.0691. The first-order valence-corrected chi connectivity index (χ1v) is 9.98. The molecule has 0 radical (unpaired) electrons. The van der Waals surface area contributed by atoms with E-state index in [4.69, 9.17) is 11.6 Å². The Morgan fingerprint density at radius 2 is 1.76 bits per heavy atom. The van der Waals surface area contributed by atoms with Gasteiger partial charge in [-0.15, -0.1) is 0 Å². The summed E-state index contributed by atoms with van der Waals surface area (Å²) in [5.74, 6) is -1.58. The highest BCUT2D eigenvalue weighted by molar-refractivity contribution is 6.31. The number of H-pyrrole nitrogens is 1. The zero-order chi connectivity index (χ0) is 23.5. The molecular formula is C23H16ClFN4O4. The van der Waals surface area contributed by atoms with Crippen LogP contribution in [0.5, 0.6) is 0 Å². The van der Waals surface area contributed by atoms with Crippen LogP contribution < -0.4 is 10.6 Å². The number of imidazole rings is 1. The summed E-state index contributed by atoms with van der Waals surface area (Å²) in [5.41, 5.74) is 1.39. The number of carbonyl (C=O) groups excluding carboxylic acids is 3. The van der Waals surface area contributed by atoms with Crippen LogP contribution in [0, 0.1) is 5.82 Å². The van der Waals surface area contributed by atoms with Crippen LogP contribution >= 0.6 is 11.6 Å². The predicted molar refractivity (Wildman–Crippen MR) is 121 cm³/mol. The van der Waals surface area contributed by atoms with E-state index in [0.717, 1.165) is 6.07 Å². The molecule has 4 aromatic rings. The summed E-state index contributed by atoms with van der Waals surface area (Å²) in [4.78, 5) is 44.5. The molecular weight excluding hydrogens is 451 g/mol. The van der Waals surface area contributed by atoms with Gasteiger partial charge < -0.3 is 15.0 Å². The summed E-state index contributed by atoms with van der Waals surface area (Å²) in [6.45, 7) is 0. The van der Waals surface area contributed by atoms with Crippen LogP contribution in [0.15, 0.2) is 60.7 Å². The van der Waals surface area contributed by atoms with Crippen molar-refractivity contribution in [3.63, 3.8) is 0 Å². The molecule has 166 valence electrons. The largest absolute Gasteiger partial charge is 0.453 e. The van der Waals surface area contributed by atoms with Gasteiger partial charge in [0.05, 0.1) is 29.4 Å². The molecule has 1 heterocycles. The van der Waals surface area contributed by atoms with Gasteiger partial charge in [0, 0.05) is 16.1 Å². The third-order valence-corrected chi connectivity index (χ3v) is 4.98. The van der Waals surface area contributed by atoms with E-state index < -0.39 is 23.6 Å². The molecule has 1 aromatic heterocycles. The van der Waals surface area contributed by atoms with Crippen LogP contribution in [0.1, 0.15) is 26.3 Å². The molecule has 0 spiro atoms. The van der Waals surface area contributed by atoms with Gasteiger partial charge in [-0.25, -0.2) is 14.2 Å². The second-order valence-corrected chi connectivity index (χ2v) is 7.32. The molecule has 0 saturated carbocycles. The number of aromatic amines is 1. The number of anilines is 2. The molecule has 4 rings (SSSR count). The van der Waals surface area contributed by atoms with Crippen LogP contribution in [0.3, 0.4) is 0 Å². The summed E-state index contributed by atoms with van der Waals surface area (Å²) in [6.07, 6.45) is -0.693. The molecule has 2 amide bonds. The lowest BCUT2D eigenvalue weighted by Crippen LogP contribution is -2.17. The summed E-state index contributed by atoms with van der Waals surface area (Å²) in [5, 5.41) is 5.12. The number of nitrogens with one attached hydrogen (secondary N) is 3. The fourth-order valence-electron chi connectivity index (χ4n) is 3.18.